The summed E-state index contributed by atoms with van der Waals surface area (Å²) in [6.07, 6.45) is 3.97. The van der Waals surface area contributed by atoms with Crippen molar-refractivity contribution in [1.29, 1.82) is 0 Å². The molecule has 0 saturated heterocycles. The van der Waals surface area contributed by atoms with Crippen molar-refractivity contribution in [3.63, 3.8) is 0 Å². The van der Waals surface area contributed by atoms with Crippen LogP contribution >= 0.6 is 0 Å². The third kappa shape index (κ3) is 2.98. The van der Waals surface area contributed by atoms with Crippen molar-refractivity contribution in [3.05, 3.63) is 77.4 Å². The van der Waals surface area contributed by atoms with Gasteiger partial charge >= 0.3 is 0 Å². The Hall–Kier alpha value is -3.38. The molecule has 3 aliphatic rings. The zero-order chi connectivity index (χ0) is 21.7. The Morgan fingerprint density at radius 3 is 2.55 bits per heavy atom. The van der Waals surface area contributed by atoms with Gasteiger partial charge in [0.25, 0.3) is 11.8 Å². The molecule has 3 heterocycles. The maximum atomic E-state index is 13.0. The van der Waals surface area contributed by atoms with Crippen LogP contribution in [0.3, 0.4) is 0 Å². The van der Waals surface area contributed by atoms with Crippen molar-refractivity contribution in [2.45, 2.75) is 25.1 Å². The number of carbonyl (C=O) groups is 2. The molecule has 0 N–H and O–H groups in total. The van der Waals surface area contributed by atoms with Crippen LogP contribution in [0.1, 0.15) is 38.3 Å². The standard InChI is InChI=1S/C25H24N2O4/c1-4-16(27-24(28)17-7-5-6-8-18(17)25(27)29)13-21-19-11-12-26(2)14-15-9-10-20(30-3)23(31-21)22(15)19/h4-11,16,21H,1,12-14H2,2-3H3/t16-,21+/m1/s1. The smallest absolute Gasteiger partial charge is 0.262 e. The first kappa shape index (κ1) is 19.6. The SMILES string of the molecule is C=C[C@H](C[C@@H]1Oc2c(OC)ccc3c2C1=CCN(C)C3)N1C(=O)c2ccccc2C1=O. The fourth-order valence-electron chi connectivity index (χ4n) is 4.75. The molecule has 2 aromatic carbocycles. The van der Waals surface area contributed by atoms with Gasteiger partial charge in [0.15, 0.2) is 11.5 Å². The Kier molecular flexibility index (Phi) is 4.67. The molecule has 2 aromatic rings. The van der Waals surface area contributed by atoms with E-state index in [1.807, 2.05) is 6.07 Å². The summed E-state index contributed by atoms with van der Waals surface area (Å²) in [6, 6.07) is 10.5. The number of ether oxygens (including phenoxy) is 2. The highest BCUT2D eigenvalue weighted by Crippen LogP contribution is 2.48. The largest absolute Gasteiger partial charge is 0.493 e. The van der Waals surface area contributed by atoms with Crippen molar-refractivity contribution in [3.8, 4) is 11.5 Å². The first-order valence-electron chi connectivity index (χ1n) is 10.4. The fourth-order valence-corrected chi connectivity index (χ4v) is 4.75. The molecule has 0 saturated carbocycles. The van der Waals surface area contributed by atoms with E-state index in [0.29, 0.717) is 23.3 Å². The molecule has 6 nitrogen and oxygen atoms in total. The summed E-state index contributed by atoms with van der Waals surface area (Å²) < 4.78 is 11.9. The molecule has 0 aliphatic carbocycles. The van der Waals surface area contributed by atoms with Crippen molar-refractivity contribution in [2.24, 2.45) is 0 Å². The van der Waals surface area contributed by atoms with Gasteiger partial charge in [-0.3, -0.25) is 19.4 Å². The first-order valence-corrected chi connectivity index (χ1v) is 10.4. The number of hydrogen-bond acceptors (Lipinski definition) is 5. The monoisotopic (exact) mass is 416 g/mol. The number of amides is 2. The maximum absolute atomic E-state index is 13.0. The summed E-state index contributed by atoms with van der Waals surface area (Å²) in [4.78, 5) is 29.5. The van der Waals surface area contributed by atoms with Crippen LogP contribution in [0.25, 0.3) is 5.57 Å². The zero-order valence-corrected chi connectivity index (χ0v) is 17.6. The van der Waals surface area contributed by atoms with Gasteiger partial charge in [-0.1, -0.05) is 30.4 Å². The predicted octanol–water partition coefficient (Wildman–Crippen LogP) is 3.53. The van der Waals surface area contributed by atoms with E-state index in [1.54, 1.807) is 37.5 Å². The van der Waals surface area contributed by atoms with Crippen molar-refractivity contribution in [2.75, 3.05) is 20.7 Å². The van der Waals surface area contributed by atoms with Crippen molar-refractivity contribution < 1.29 is 19.1 Å². The van der Waals surface area contributed by atoms with Crippen LogP contribution in [0.5, 0.6) is 11.5 Å². The molecule has 5 rings (SSSR count). The van der Waals surface area contributed by atoms with Gasteiger partial charge in [-0.05, 0) is 30.8 Å². The summed E-state index contributed by atoms with van der Waals surface area (Å²) in [6.45, 7) is 5.52. The molecule has 0 fully saturated rings. The minimum atomic E-state index is -0.483. The topological polar surface area (TPSA) is 59.1 Å². The van der Waals surface area contributed by atoms with Gasteiger partial charge in [0.1, 0.15) is 6.10 Å². The summed E-state index contributed by atoms with van der Waals surface area (Å²) in [7, 11) is 3.71. The molecule has 2 amide bonds. The second-order valence-electron chi connectivity index (χ2n) is 8.16. The quantitative estimate of drug-likeness (QED) is 0.551. The van der Waals surface area contributed by atoms with Crippen LogP contribution in [0.4, 0.5) is 0 Å². The average molecular weight is 416 g/mol. The maximum Gasteiger partial charge on any atom is 0.262 e. The van der Waals surface area contributed by atoms with E-state index in [4.69, 9.17) is 9.47 Å². The Balaban J connectivity index is 1.49. The van der Waals surface area contributed by atoms with Crippen LogP contribution in [0, 0.1) is 0 Å². The van der Waals surface area contributed by atoms with E-state index in [2.05, 4.69) is 30.7 Å². The molecule has 6 heteroatoms. The van der Waals surface area contributed by atoms with Gasteiger partial charge in [0, 0.05) is 30.6 Å². The second kappa shape index (κ2) is 7.39. The molecule has 0 bridgehead atoms. The molecular weight excluding hydrogens is 392 g/mol. The molecule has 0 spiro atoms. The van der Waals surface area contributed by atoms with E-state index < -0.39 is 6.04 Å². The number of likely N-dealkylation sites (N-methyl/N-ethyl adjacent to an activating group) is 1. The Bertz CT molecular complexity index is 1100. The Morgan fingerprint density at radius 1 is 1.19 bits per heavy atom. The lowest BCUT2D eigenvalue weighted by Crippen LogP contribution is -2.41. The lowest BCUT2D eigenvalue weighted by molar-refractivity contribution is 0.0591. The minimum absolute atomic E-state index is 0.283. The highest BCUT2D eigenvalue weighted by molar-refractivity contribution is 6.21. The minimum Gasteiger partial charge on any atom is -0.493 e. The van der Waals surface area contributed by atoms with E-state index in [1.165, 1.54) is 10.5 Å². The van der Waals surface area contributed by atoms with Crippen LogP contribution in [-0.4, -0.2) is 54.5 Å². The number of nitrogens with zero attached hydrogens (tertiary/aromatic N) is 2. The Labute approximate surface area is 181 Å². The van der Waals surface area contributed by atoms with Crippen molar-refractivity contribution in [1.82, 2.24) is 9.80 Å². The van der Waals surface area contributed by atoms with E-state index >= 15 is 0 Å². The zero-order valence-electron chi connectivity index (χ0n) is 17.6. The lowest BCUT2D eigenvalue weighted by Gasteiger charge is -2.26. The van der Waals surface area contributed by atoms with Crippen LogP contribution < -0.4 is 9.47 Å². The van der Waals surface area contributed by atoms with Gasteiger partial charge in [-0.25, -0.2) is 0 Å². The number of benzene rings is 2. The second-order valence-corrected chi connectivity index (χ2v) is 8.16. The third-order valence-corrected chi connectivity index (χ3v) is 6.27. The van der Waals surface area contributed by atoms with E-state index in [0.717, 1.165) is 30.0 Å². The lowest BCUT2D eigenvalue weighted by atomic mass is 9.94. The summed E-state index contributed by atoms with van der Waals surface area (Å²) in [5.74, 6) is 0.854. The molecule has 31 heavy (non-hydrogen) atoms. The predicted molar refractivity (Wildman–Crippen MR) is 117 cm³/mol. The van der Waals surface area contributed by atoms with Crippen LogP contribution in [-0.2, 0) is 6.54 Å². The molecule has 0 aromatic heterocycles. The number of imide groups is 1. The fraction of sp³-hybridized carbons (Fsp3) is 0.280. The normalized spacial score (nSPS) is 20.5. The highest BCUT2D eigenvalue weighted by atomic mass is 16.5. The first-order chi connectivity index (χ1) is 15.0. The molecule has 158 valence electrons. The molecule has 3 aliphatic heterocycles. The number of carbonyl (C=O) groups excluding carboxylic acids is 2. The molecular formula is C25H24N2O4. The van der Waals surface area contributed by atoms with Gasteiger partial charge in [0.2, 0.25) is 0 Å². The average Bonchev–Trinajstić information content (AvgIpc) is 3.19. The summed E-state index contributed by atoms with van der Waals surface area (Å²) in [5, 5.41) is 0. The number of fused-ring (bicyclic) bond motifs is 1. The van der Waals surface area contributed by atoms with E-state index in [-0.39, 0.29) is 17.9 Å². The van der Waals surface area contributed by atoms with Gasteiger partial charge < -0.3 is 9.47 Å². The van der Waals surface area contributed by atoms with Gasteiger partial charge in [-0.2, -0.15) is 0 Å². The van der Waals surface area contributed by atoms with Gasteiger partial charge in [0.05, 0.1) is 24.3 Å². The van der Waals surface area contributed by atoms with Crippen LogP contribution in [0.15, 0.2) is 55.1 Å². The van der Waals surface area contributed by atoms with Crippen LogP contribution in [0.2, 0.25) is 0 Å². The van der Waals surface area contributed by atoms with Gasteiger partial charge in [-0.15, -0.1) is 6.58 Å². The highest BCUT2D eigenvalue weighted by Gasteiger charge is 2.42. The van der Waals surface area contributed by atoms with E-state index in [9.17, 15) is 9.59 Å². The third-order valence-electron chi connectivity index (χ3n) is 6.27. The van der Waals surface area contributed by atoms with Crippen molar-refractivity contribution >= 4 is 17.4 Å². The summed E-state index contributed by atoms with van der Waals surface area (Å²) >= 11 is 0. The Morgan fingerprint density at radius 2 is 1.90 bits per heavy atom. The number of rotatable bonds is 5. The molecule has 0 radical (unpaired) electrons. The molecule has 2 atom stereocenters. The number of methoxy groups -OCH3 is 1. The summed E-state index contributed by atoms with van der Waals surface area (Å²) in [5.41, 5.74) is 4.21. The molecule has 0 unspecified atom stereocenters. The number of hydrogen-bond donors (Lipinski definition) is 0.